The number of nitrogens with one attached hydrogen (secondary N) is 4. The molecule has 4 atom stereocenters. The average molecular weight is 1100 g/mol. The maximum atomic E-state index is 13.2. The number of aromatic nitrogens is 12. The number of rotatable bonds is 23. The Morgan fingerprint density at radius 3 is 0.962 bits per heavy atom. The van der Waals surface area contributed by atoms with Crippen LogP contribution in [-0.4, -0.2) is 138 Å². The van der Waals surface area contributed by atoms with Gasteiger partial charge in [-0.2, -0.15) is 19.9 Å². The summed E-state index contributed by atoms with van der Waals surface area (Å²) in [6.45, 7) is 8.19. The van der Waals surface area contributed by atoms with Gasteiger partial charge in [0.05, 0.1) is 99.0 Å². The molecule has 0 aromatic carbocycles. The van der Waals surface area contributed by atoms with Crippen LogP contribution in [0.25, 0.3) is 44.1 Å². The summed E-state index contributed by atoms with van der Waals surface area (Å²) < 4.78 is 44.6. The second-order valence-electron chi connectivity index (χ2n) is 18.0. The summed E-state index contributed by atoms with van der Waals surface area (Å²) in [7, 11) is 1.57. The van der Waals surface area contributed by atoms with Crippen LogP contribution >= 0.6 is 0 Å². The van der Waals surface area contributed by atoms with Crippen LogP contribution in [0.2, 0.25) is 0 Å². The number of nitrogen functional groups attached to an aromatic ring is 4. The van der Waals surface area contributed by atoms with Crippen LogP contribution in [0.15, 0.2) is 49.1 Å². The molecule has 0 aliphatic rings. The summed E-state index contributed by atoms with van der Waals surface area (Å²) in [5.74, 6) is 1.22. The van der Waals surface area contributed by atoms with Gasteiger partial charge in [0, 0.05) is 24.3 Å². The molecule has 25 nitrogen and oxygen atoms in total. The lowest BCUT2D eigenvalue weighted by molar-refractivity contribution is 0.266. The third-order valence-electron chi connectivity index (χ3n) is 11.7. The second kappa shape index (κ2) is 31.3. The molecule has 8 aromatic heterocycles. The molecular weight excluding hydrogens is 1030 g/mol. The molecule has 0 saturated carbocycles. The summed E-state index contributed by atoms with van der Waals surface area (Å²) in [6.07, 6.45) is 14.0. The maximum absolute atomic E-state index is 13.2. The fourth-order valence-corrected chi connectivity index (χ4v) is 7.78. The zero-order valence-electron chi connectivity index (χ0n) is 44.8. The number of anilines is 8. The lowest BCUT2D eigenvalue weighted by Gasteiger charge is -2.17. The minimum Gasteiger partial charge on any atom is -0.495 e. The number of nitrogens with two attached hydrogens (primary N) is 4. The molecule has 0 spiro atoms. The van der Waals surface area contributed by atoms with Crippen LogP contribution < -0.4 is 48.9 Å². The minimum absolute atomic E-state index is 0.0212. The van der Waals surface area contributed by atoms with Crippen molar-refractivity contribution in [3.8, 4) is 5.75 Å². The number of methoxy groups -OCH3 is 1. The van der Waals surface area contributed by atoms with Crippen molar-refractivity contribution in [1.82, 2.24) is 59.8 Å². The average Bonchev–Trinajstić information content (AvgIpc) is 3.48. The van der Waals surface area contributed by atoms with Crippen molar-refractivity contribution in [2.45, 2.75) is 116 Å². The van der Waals surface area contributed by atoms with Gasteiger partial charge >= 0.3 is 0 Å². The van der Waals surface area contributed by atoms with Crippen molar-refractivity contribution in [2.75, 3.05) is 77.7 Å². The summed E-state index contributed by atoms with van der Waals surface area (Å²) in [4.78, 5) is 48.6. The number of unbranched alkanes of at least 4 members (excludes halogenated alkanes) is 2. The van der Waals surface area contributed by atoms with Gasteiger partial charge in [0.15, 0.2) is 23.3 Å². The first-order chi connectivity index (χ1) is 38.1. The van der Waals surface area contributed by atoms with Crippen molar-refractivity contribution < 1.29 is 38.3 Å². The van der Waals surface area contributed by atoms with Gasteiger partial charge in [0.25, 0.3) is 0 Å². The Bertz CT molecular complexity index is 3070. The number of halogens is 3. The first-order valence-corrected chi connectivity index (χ1v) is 25.8. The summed E-state index contributed by atoms with van der Waals surface area (Å²) in [5, 5.41) is 49.8. The summed E-state index contributed by atoms with van der Waals surface area (Å²) in [6, 6.07) is 5.00. The van der Waals surface area contributed by atoms with Crippen LogP contribution in [-0.2, 0) is 0 Å². The molecule has 79 heavy (non-hydrogen) atoms. The molecule has 16 N–H and O–H groups in total. The zero-order valence-corrected chi connectivity index (χ0v) is 44.8. The van der Waals surface area contributed by atoms with Gasteiger partial charge in [-0.1, -0.05) is 66.2 Å². The van der Waals surface area contributed by atoms with Gasteiger partial charge in [0.1, 0.15) is 50.8 Å². The lowest BCUT2D eigenvalue weighted by atomic mass is 10.1. The fourth-order valence-electron chi connectivity index (χ4n) is 7.78. The fraction of sp³-hybridized carbons (Fsp3) is 0.451. The van der Waals surface area contributed by atoms with E-state index >= 15 is 0 Å². The summed E-state index contributed by atoms with van der Waals surface area (Å²) in [5.41, 5.74) is 26.1. The molecule has 0 amide bonds. The molecule has 8 rings (SSSR count). The first-order valence-electron chi connectivity index (χ1n) is 25.8. The van der Waals surface area contributed by atoms with Gasteiger partial charge in [-0.3, -0.25) is 0 Å². The Kier molecular flexibility index (Phi) is 24.4. The van der Waals surface area contributed by atoms with Crippen LogP contribution in [0.5, 0.6) is 5.75 Å². The van der Waals surface area contributed by atoms with E-state index in [9.17, 15) is 33.6 Å². The topological polar surface area (TPSA) is 397 Å². The van der Waals surface area contributed by atoms with E-state index in [1.807, 2.05) is 6.92 Å². The Morgan fingerprint density at radius 2 is 0.696 bits per heavy atom. The van der Waals surface area contributed by atoms with Crippen molar-refractivity contribution in [3.05, 3.63) is 66.5 Å². The molecule has 0 bridgehead atoms. The summed E-state index contributed by atoms with van der Waals surface area (Å²) >= 11 is 0. The zero-order chi connectivity index (χ0) is 57.4. The molecule has 0 saturated heterocycles. The van der Waals surface area contributed by atoms with Gasteiger partial charge in [-0.15, -0.1) is 0 Å². The Labute approximate surface area is 454 Å². The number of nitrogens with zero attached hydrogens (tertiary/aromatic N) is 12. The molecule has 0 radical (unpaired) electrons. The first kappa shape index (κ1) is 61.6. The van der Waals surface area contributed by atoms with E-state index in [1.165, 1.54) is 18.2 Å². The van der Waals surface area contributed by atoms with E-state index in [2.05, 4.69) is 102 Å². The smallest absolute Gasteiger partial charge is 0.222 e. The maximum Gasteiger partial charge on any atom is 0.222 e. The van der Waals surface area contributed by atoms with E-state index in [0.29, 0.717) is 73.2 Å². The standard InChI is InChI=1S/2C13H18FN5O.C13H19N5O2.C12H16FN5O/c2*1-2-3-4-9(7-20)17-12-11-10(18-13(15)19-12)5-8(14)6-16-11;1-3-4-8(7-19)16-12-11-10(17-13(14)18-12)5-9(20-2)6-15-11;1-2-3-8(6-19)16-11-10-9(17-12(14)18-11)4-7(13)5-15-10/h2*5-6,9,20H,2-4,7H2,1H3,(H3,15,17,18,19);5-6,8,19H,3-4,7H2,1-2H3,(H3,14,16,17,18);4-5,8,19H,2-3,6H2,1H3,(H3,14,16,17,18)/t2*9-;2*8-/m1000/s1. The quantitative estimate of drug-likeness (QED) is 0.0353. The molecule has 0 fully saturated rings. The van der Waals surface area contributed by atoms with Gasteiger partial charge < -0.3 is 69.4 Å². The van der Waals surface area contributed by atoms with Gasteiger partial charge in [-0.05, 0) is 25.7 Å². The van der Waals surface area contributed by atoms with Crippen molar-refractivity contribution in [1.29, 1.82) is 0 Å². The van der Waals surface area contributed by atoms with Crippen molar-refractivity contribution in [2.24, 2.45) is 0 Å². The van der Waals surface area contributed by atoms with Crippen LogP contribution in [0, 0.1) is 17.5 Å². The Morgan fingerprint density at radius 1 is 0.418 bits per heavy atom. The van der Waals surface area contributed by atoms with E-state index in [-0.39, 0.29) is 74.4 Å². The number of aliphatic hydroxyl groups is 4. The van der Waals surface area contributed by atoms with Crippen molar-refractivity contribution in [3.63, 3.8) is 0 Å². The highest BCUT2D eigenvalue weighted by Gasteiger charge is 2.18. The third-order valence-corrected chi connectivity index (χ3v) is 11.7. The minimum atomic E-state index is -0.483. The lowest BCUT2D eigenvalue weighted by Crippen LogP contribution is -2.24. The van der Waals surface area contributed by atoms with Gasteiger partial charge in [0.2, 0.25) is 23.8 Å². The van der Waals surface area contributed by atoms with E-state index in [1.54, 1.807) is 19.4 Å². The Hall–Kier alpha value is -8.21. The van der Waals surface area contributed by atoms with Crippen LogP contribution in [0.3, 0.4) is 0 Å². The number of hydrogen-bond acceptors (Lipinski definition) is 25. The van der Waals surface area contributed by atoms with Crippen molar-refractivity contribution >= 4 is 91.2 Å². The highest BCUT2D eigenvalue weighted by molar-refractivity contribution is 5.88. The second-order valence-corrected chi connectivity index (χ2v) is 18.0. The van der Waals surface area contributed by atoms with E-state index in [0.717, 1.165) is 82.8 Å². The number of fused-ring (bicyclic) bond motifs is 4. The highest BCUT2D eigenvalue weighted by Crippen LogP contribution is 2.26. The number of aliphatic hydroxyl groups excluding tert-OH is 4. The van der Waals surface area contributed by atoms with Crippen LogP contribution in [0.4, 0.5) is 60.2 Å². The highest BCUT2D eigenvalue weighted by atomic mass is 19.1. The molecule has 0 aliphatic heterocycles. The number of hydrogen-bond donors (Lipinski definition) is 12. The monoisotopic (exact) mass is 1100 g/mol. The van der Waals surface area contributed by atoms with E-state index in [4.69, 9.17) is 27.7 Å². The molecule has 426 valence electrons. The predicted molar refractivity (Wildman–Crippen MR) is 300 cm³/mol. The number of ether oxygens (including phenoxy) is 1. The molecule has 0 unspecified atom stereocenters. The Balaban J connectivity index is 0.000000194. The predicted octanol–water partition coefficient (Wildman–Crippen LogP) is 5.93. The molecule has 8 heterocycles. The normalized spacial score (nSPS) is 12.5. The SMILES string of the molecule is CCCC[C@@H](CO)Nc1nc(N)nc2cc(F)cnc12.CCCC[C@H](CO)Nc1nc(N)nc2cc(F)cnc12.CCC[C@@H](CO)Nc1nc(N)nc2cc(F)cnc12.CCC[C@@H](CO)Nc1nc(N)nc2cc(OC)cnc12. The third kappa shape index (κ3) is 18.5. The van der Waals surface area contributed by atoms with Gasteiger partial charge in [-0.25, -0.2) is 53.0 Å². The van der Waals surface area contributed by atoms with E-state index < -0.39 is 17.5 Å². The molecule has 28 heteroatoms. The molecule has 8 aromatic rings. The number of pyridine rings is 4. The largest absolute Gasteiger partial charge is 0.495 e. The molecule has 0 aliphatic carbocycles. The molecular formula is C51H71F3N20O5. The van der Waals surface area contributed by atoms with Crippen LogP contribution in [0.1, 0.15) is 91.9 Å².